The fraction of sp³-hybridized carbons (Fsp3) is 0.528. The molecule has 0 unspecified atom stereocenters. The maximum Gasteiger partial charge on any atom is 0.318 e. The maximum atomic E-state index is 13.3. The molecule has 0 bridgehead atoms. The molecule has 2 saturated heterocycles. The van der Waals surface area contributed by atoms with E-state index in [9.17, 15) is 4.79 Å². The Morgan fingerprint density at radius 3 is 2.79 bits per heavy atom. The normalized spacial score (nSPS) is 20.2. The standard InChI is InChI=1S/C36H44N8O4/c1-26-5-3-6-27-21-38-23-32(34(26)27)42-12-10-30-31(25-42)39-36(48-20-19-47-29-8-9-29)40-35(30)43-13-14-44(28(24-43)22-37-2)33(45)7-4-11-41-15-17-46-18-16-41/h3-7,21,23,28-29H,8-20,22,24-25H2,1H3/b7-4+/t28-/m0/s1. The van der Waals surface area contributed by atoms with Crippen LogP contribution in [0.2, 0.25) is 0 Å². The number of aromatic nitrogens is 3. The Bertz CT molecular complexity index is 1680. The zero-order valence-electron chi connectivity index (χ0n) is 27.7. The molecule has 1 aliphatic carbocycles. The molecule has 3 aromatic rings. The minimum absolute atomic E-state index is 0.0457. The van der Waals surface area contributed by atoms with Crippen molar-refractivity contribution < 1.29 is 19.0 Å². The van der Waals surface area contributed by atoms with Gasteiger partial charge in [-0.1, -0.05) is 24.3 Å². The van der Waals surface area contributed by atoms with Crippen molar-refractivity contribution in [3.8, 4) is 6.01 Å². The molecule has 0 N–H and O–H groups in total. The highest BCUT2D eigenvalue weighted by molar-refractivity contribution is 5.96. The molecular weight excluding hydrogens is 608 g/mol. The number of hydrogen-bond donors (Lipinski definition) is 0. The number of pyridine rings is 1. The Balaban J connectivity index is 1.11. The van der Waals surface area contributed by atoms with Crippen LogP contribution >= 0.6 is 0 Å². The van der Waals surface area contributed by atoms with Crippen LogP contribution in [0.15, 0.2) is 42.7 Å². The van der Waals surface area contributed by atoms with E-state index in [4.69, 9.17) is 30.8 Å². The highest BCUT2D eigenvalue weighted by Gasteiger charge is 2.35. The third-order valence-corrected chi connectivity index (χ3v) is 9.62. The summed E-state index contributed by atoms with van der Waals surface area (Å²) in [5, 5.41) is 2.33. The van der Waals surface area contributed by atoms with Gasteiger partial charge < -0.3 is 33.8 Å². The number of fused-ring (bicyclic) bond motifs is 2. The van der Waals surface area contributed by atoms with Gasteiger partial charge in [0.15, 0.2) is 0 Å². The van der Waals surface area contributed by atoms with E-state index < -0.39 is 0 Å². The number of aryl methyl sites for hydroxylation is 1. The van der Waals surface area contributed by atoms with Crippen LogP contribution in [0.5, 0.6) is 6.01 Å². The van der Waals surface area contributed by atoms with Crippen LogP contribution in [0.3, 0.4) is 0 Å². The van der Waals surface area contributed by atoms with E-state index in [-0.39, 0.29) is 18.5 Å². The number of nitrogens with zero attached hydrogens (tertiary/aromatic N) is 8. The predicted molar refractivity (Wildman–Crippen MR) is 183 cm³/mol. The first kappa shape index (κ1) is 32.2. The molecule has 4 aliphatic rings. The van der Waals surface area contributed by atoms with Crippen LogP contribution in [0, 0.1) is 13.5 Å². The van der Waals surface area contributed by atoms with Crippen molar-refractivity contribution in [1.82, 2.24) is 24.8 Å². The summed E-state index contributed by atoms with van der Waals surface area (Å²) >= 11 is 0. The summed E-state index contributed by atoms with van der Waals surface area (Å²) < 4.78 is 17.3. The molecular formula is C36H44N8O4. The van der Waals surface area contributed by atoms with Crippen molar-refractivity contribution in [3.63, 3.8) is 0 Å². The molecule has 1 atom stereocenters. The van der Waals surface area contributed by atoms with Gasteiger partial charge in [0.05, 0.1) is 50.0 Å². The highest BCUT2D eigenvalue weighted by atomic mass is 16.5. The molecule has 252 valence electrons. The van der Waals surface area contributed by atoms with E-state index in [1.54, 1.807) is 6.08 Å². The molecule has 1 saturated carbocycles. The van der Waals surface area contributed by atoms with E-state index in [0.717, 1.165) is 86.8 Å². The Labute approximate surface area is 282 Å². The highest BCUT2D eigenvalue weighted by Crippen LogP contribution is 2.35. The van der Waals surface area contributed by atoms with E-state index in [1.165, 1.54) is 10.9 Å². The largest absolute Gasteiger partial charge is 0.461 e. The molecule has 1 amide bonds. The lowest BCUT2D eigenvalue weighted by molar-refractivity contribution is -0.128. The summed E-state index contributed by atoms with van der Waals surface area (Å²) in [6, 6.07) is 6.41. The summed E-state index contributed by atoms with van der Waals surface area (Å²) in [5.74, 6) is 0.797. The van der Waals surface area contributed by atoms with Gasteiger partial charge in [-0.15, -0.1) is 0 Å². The Morgan fingerprint density at radius 2 is 1.96 bits per heavy atom. The Morgan fingerprint density at radius 1 is 1.08 bits per heavy atom. The summed E-state index contributed by atoms with van der Waals surface area (Å²) in [4.78, 5) is 40.2. The summed E-state index contributed by atoms with van der Waals surface area (Å²) in [6.45, 7) is 17.9. The molecule has 3 fully saturated rings. The lowest BCUT2D eigenvalue weighted by Gasteiger charge is -2.41. The van der Waals surface area contributed by atoms with Gasteiger partial charge in [0.1, 0.15) is 18.5 Å². The number of amides is 1. The quantitative estimate of drug-likeness (QED) is 0.174. The Hall–Kier alpha value is -4.31. The number of hydrogen-bond acceptors (Lipinski definition) is 10. The first-order valence-corrected chi connectivity index (χ1v) is 17.1. The number of carbonyl (C=O) groups is 1. The van der Waals surface area contributed by atoms with E-state index in [0.29, 0.717) is 51.5 Å². The van der Waals surface area contributed by atoms with Gasteiger partial charge in [0.25, 0.3) is 0 Å². The third-order valence-electron chi connectivity index (χ3n) is 9.62. The summed E-state index contributed by atoms with van der Waals surface area (Å²) in [5.41, 5.74) is 4.35. The third kappa shape index (κ3) is 7.38. The van der Waals surface area contributed by atoms with Crippen molar-refractivity contribution in [2.45, 2.75) is 44.9 Å². The minimum Gasteiger partial charge on any atom is -0.461 e. The van der Waals surface area contributed by atoms with Gasteiger partial charge in [-0.2, -0.15) is 9.97 Å². The minimum atomic E-state index is -0.247. The van der Waals surface area contributed by atoms with Gasteiger partial charge in [0, 0.05) is 74.4 Å². The molecule has 12 nitrogen and oxygen atoms in total. The fourth-order valence-electron chi connectivity index (χ4n) is 6.92. The van der Waals surface area contributed by atoms with Crippen molar-refractivity contribution in [1.29, 1.82) is 0 Å². The zero-order chi connectivity index (χ0) is 32.9. The van der Waals surface area contributed by atoms with Gasteiger partial charge in [-0.3, -0.25) is 14.7 Å². The maximum absolute atomic E-state index is 13.3. The summed E-state index contributed by atoms with van der Waals surface area (Å²) in [7, 11) is 0. The van der Waals surface area contributed by atoms with Gasteiger partial charge in [-0.05, 0) is 31.7 Å². The van der Waals surface area contributed by atoms with Crippen LogP contribution in [-0.4, -0.2) is 122 Å². The SMILES string of the molecule is [C-]#[N+]C[C@H]1CN(c2nc(OCCOC3CC3)nc3c2CCN(c2cncc4cccc(C)c24)C3)CCN1C(=O)/C=C/CN1CCOCC1. The smallest absolute Gasteiger partial charge is 0.318 e. The van der Waals surface area contributed by atoms with Crippen LogP contribution in [-0.2, 0) is 27.2 Å². The first-order valence-electron chi connectivity index (χ1n) is 17.1. The number of anilines is 2. The van der Waals surface area contributed by atoms with Crippen LogP contribution in [0.25, 0.3) is 15.6 Å². The number of ether oxygens (including phenoxy) is 3. The predicted octanol–water partition coefficient (Wildman–Crippen LogP) is 3.28. The number of morpholine rings is 1. The second kappa shape index (κ2) is 14.8. The van der Waals surface area contributed by atoms with Crippen LogP contribution < -0.4 is 14.5 Å². The molecule has 12 heteroatoms. The number of benzene rings is 1. The molecule has 7 rings (SSSR count). The van der Waals surface area contributed by atoms with E-state index in [2.05, 4.69) is 49.7 Å². The average Bonchev–Trinajstić information content (AvgIpc) is 3.95. The zero-order valence-corrected chi connectivity index (χ0v) is 27.7. The fourth-order valence-corrected chi connectivity index (χ4v) is 6.92. The number of carbonyl (C=O) groups excluding carboxylic acids is 1. The molecule has 0 spiro atoms. The molecule has 5 heterocycles. The van der Waals surface area contributed by atoms with E-state index in [1.807, 2.05) is 23.4 Å². The van der Waals surface area contributed by atoms with Gasteiger partial charge in [-0.25, -0.2) is 6.57 Å². The van der Waals surface area contributed by atoms with Crippen LogP contribution in [0.4, 0.5) is 11.5 Å². The van der Waals surface area contributed by atoms with Gasteiger partial charge in [0.2, 0.25) is 12.5 Å². The molecule has 48 heavy (non-hydrogen) atoms. The lowest BCUT2D eigenvalue weighted by Crippen LogP contribution is -2.56. The van der Waals surface area contributed by atoms with Crippen molar-refractivity contribution in [2.75, 3.05) is 88.6 Å². The molecule has 0 radical (unpaired) electrons. The lowest BCUT2D eigenvalue weighted by atomic mass is 10.0. The summed E-state index contributed by atoms with van der Waals surface area (Å²) in [6.07, 6.45) is 10.8. The van der Waals surface area contributed by atoms with Crippen molar-refractivity contribution in [2.24, 2.45) is 0 Å². The number of piperazine rings is 1. The molecule has 1 aromatic carbocycles. The van der Waals surface area contributed by atoms with Crippen molar-refractivity contribution in [3.05, 3.63) is 71.0 Å². The molecule has 3 aliphatic heterocycles. The second-order valence-electron chi connectivity index (χ2n) is 13.0. The average molecular weight is 653 g/mol. The van der Waals surface area contributed by atoms with E-state index >= 15 is 0 Å². The Kier molecular flexibility index (Phi) is 9.98. The molecule has 2 aromatic heterocycles. The second-order valence-corrected chi connectivity index (χ2v) is 13.0. The number of rotatable bonds is 11. The van der Waals surface area contributed by atoms with Crippen molar-refractivity contribution >= 4 is 28.2 Å². The van der Waals surface area contributed by atoms with Gasteiger partial charge >= 0.3 is 6.01 Å². The topological polar surface area (TPSA) is 101 Å². The monoisotopic (exact) mass is 652 g/mol. The van der Waals surface area contributed by atoms with Crippen LogP contribution in [0.1, 0.15) is 29.7 Å². The first-order chi connectivity index (χ1) is 23.6.